The highest BCUT2D eigenvalue weighted by Gasteiger charge is 1.94. The molecule has 2 aliphatic heterocycles. The average Bonchev–Trinajstić information content (AvgIpc) is 2.83. The smallest absolute Gasteiger partial charge is 0.330 e. The second-order valence-corrected chi connectivity index (χ2v) is 2.31. The van der Waals surface area contributed by atoms with Crippen molar-refractivity contribution in [1.29, 1.82) is 0 Å². The molecule has 4 nitrogen and oxygen atoms in total. The van der Waals surface area contributed by atoms with Crippen LogP contribution in [0.15, 0.2) is 12.2 Å². The zero-order chi connectivity index (χ0) is 9.40. The molecule has 4 heteroatoms. The van der Waals surface area contributed by atoms with Crippen LogP contribution in [0.25, 0.3) is 0 Å². The van der Waals surface area contributed by atoms with E-state index in [2.05, 4.69) is 16.1 Å². The number of hydrogen-bond acceptors (Lipinski definition) is 3. The molecule has 0 unspecified atom stereocenters. The van der Waals surface area contributed by atoms with Gasteiger partial charge in [-0.2, -0.15) is 0 Å². The number of carbonyl (C=O) groups is 1. The Bertz CT molecular complexity index is 126. The van der Waals surface area contributed by atoms with E-state index in [1.165, 1.54) is 6.92 Å². The van der Waals surface area contributed by atoms with Gasteiger partial charge in [-0.05, 0) is 6.92 Å². The number of ether oxygens (including phenoxy) is 2. The highest BCUT2D eigenvalue weighted by molar-refractivity contribution is 5.84. The van der Waals surface area contributed by atoms with Crippen molar-refractivity contribution in [2.24, 2.45) is 0 Å². The monoisotopic (exact) mass is 174 g/mol. The predicted octanol–water partition coefficient (Wildman–Crippen LogP) is 0.680. The predicted molar refractivity (Wildman–Crippen MR) is 44.1 cm³/mol. The van der Waals surface area contributed by atoms with Crippen LogP contribution in [0.5, 0.6) is 0 Å². The molecule has 0 aromatic carbocycles. The van der Waals surface area contributed by atoms with E-state index >= 15 is 0 Å². The molecule has 0 bridgehead atoms. The molecule has 2 aliphatic rings. The fourth-order valence-electron chi connectivity index (χ4n) is 0. The molecular weight excluding hydrogens is 160 g/mol. The maximum Gasteiger partial charge on any atom is 0.330 e. The van der Waals surface area contributed by atoms with Crippen molar-refractivity contribution in [2.45, 2.75) is 6.92 Å². The Morgan fingerprint density at radius 2 is 1.42 bits per heavy atom. The number of carboxylic acids is 1. The second-order valence-electron chi connectivity index (χ2n) is 2.31. The highest BCUT2D eigenvalue weighted by Crippen LogP contribution is 1.85. The Morgan fingerprint density at radius 1 is 1.25 bits per heavy atom. The summed E-state index contributed by atoms with van der Waals surface area (Å²) in [6.07, 6.45) is 0. The van der Waals surface area contributed by atoms with Gasteiger partial charge < -0.3 is 14.6 Å². The van der Waals surface area contributed by atoms with Crippen LogP contribution in [0.2, 0.25) is 0 Å². The second kappa shape index (κ2) is 6.82. The van der Waals surface area contributed by atoms with Gasteiger partial charge in [-0.25, -0.2) is 4.79 Å². The van der Waals surface area contributed by atoms with Crippen molar-refractivity contribution in [3.63, 3.8) is 0 Å². The molecule has 70 valence electrons. The van der Waals surface area contributed by atoms with Gasteiger partial charge in [0.15, 0.2) is 0 Å². The average molecular weight is 174 g/mol. The molecule has 0 radical (unpaired) electrons. The molecule has 2 fully saturated rings. The molecule has 2 rings (SSSR count). The Balaban J connectivity index is 0.000000165. The molecule has 2 heterocycles. The fourth-order valence-corrected chi connectivity index (χ4v) is 0. The molecule has 0 aromatic heterocycles. The van der Waals surface area contributed by atoms with Crippen LogP contribution in [-0.2, 0) is 14.3 Å². The first-order chi connectivity index (χ1) is 5.64. The summed E-state index contributed by atoms with van der Waals surface area (Å²) in [4.78, 5) is 9.60. The molecule has 0 amide bonds. The van der Waals surface area contributed by atoms with Crippen molar-refractivity contribution in [1.82, 2.24) is 0 Å². The molecule has 0 aromatic rings. The lowest BCUT2D eigenvalue weighted by Crippen LogP contribution is -1.92. The minimum Gasteiger partial charge on any atom is -0.478 e. The number of epoxide rings is 2. The van der Waals surface area contributed by atoms with E-state index in [9.17, 15) is 4.79 Å². The first-order valence-electron chi connectivity index (χ1n) is 3.69. The van der Waals surface area contributed by atoms with Crippen LogP contribution >= 0.6 is 0 Å². The van der Waals surface area contributed by atoms with Crippen LogP contribution in [0.3, 0.4) is 0 Å². The van der Waals surface area contributed by atoms with E-state index < -0.39 is 5.97 Å². The lowest BCUT2D eigenvalue weighted by Gasteiger charge is -1.79. The van der Waals surface area contributed by atoms with Gasteiger partial charge in [0.25, 0.3) is 0 Å². The number of hydrogen-bond donors (Lipinski definition) is 1. The minimum atomic E-state index is -0.935. The summed E-state index contributed by atoms with van der Waals surface area (Å²) in [5, 5.41) is 7.89. The van der Waals surface area contributed by atoms with Gasteiger partial charge in [0.05, 0.1) is 26.4 Å². The molecule has 12 heavy (non-hydrogen) atoms. The Kier molecular flexibility index (Phi) is 6.32. The standard InChI is InChI=1S/C4H6O2.2C2H4O/c1-3(2)4(5)6;2*1-2-3-1/h1H2,2H3,(H,5,6);2*1-2H2. The lowest BCUT2D eigenvalue weighted by molar-refractivity contribution is -0.132. The van der Waals surface area contributed by atoms with E-state index in [0.717, 1.165) is 26.4 Å². The first kappa shape index (κ1) is 11.1. The molecule has 0 aliphatic carbocycles. The van der Waals surface area contributed by atoms with Crippen molar-refractivity contribution in [3.05, 3.63) is 12.2 Å². The fraction of sp³-hybridized carbons (Fsp3) is 0.625. The Hall–Kier alpha value is -0.870. The van der Waals surface area contributed by atoms with E-state index in [1.54, 1.807) is 0 Å². The maximum atomic E-state index is 9.60. The normalized spacial score (nSPS) is 15.8. The SMILES string of the molecule is C1CO1.C1CO1.C=C(C)C(=O)O. The third kappa shape index (κ3) is 22.9. The largest absolute Gasteiger partial charge is 0.478 e. The number of rotatable bonds is 1. The van der Waals surface area contributed by atoms with Gasteiger partial charge in [0.2, 0.25) is 0 Å². The Labute approximate surface area is 71.8 Å². The minimum absolute atomic E-state index is 0.176. The maximum absolute atomic E-state index is 9.60. The number of aliphatic carboxylic acids is 1. The van der Waals surface area contributed by atoms with Crippen LogP contribution in [0.1, 0.15) is 6.92 Å². The van der Waals surface area contributed by atoms with E-state index in [-0.39, 0.29) is 5.57 Å². The van der Waals surface area contributed by atoms with Crippen LogP contribution in [0.4, 0.5) is 0 Å². The van der Waals surface area contributed by atoms with E-state index in [1.807, 2.05) is 0 Å². The van der Waals surface area contributed by atoms with Crippen LogP contribution in [0, 0.1) is 0 Å². The molecule has 0 spiro atoms. The summed E-state index contributed by atoms with van der Waals surface area (Å²) in [6.45, 7) is 8.60. The van der Waals surface area contributed by atoms with Crippen LogP contribution < -0.4 is 0 Å². The first-order valence-corrected chi connectivity index (χ1v) is 3.69. The zero-order valence-corrected chi connectivity index (χ0v) is 7.21. The topological polar surface area (TPSA) is 62.4 Å². The highest BCUT2D eigenvalue weighted by atomic mass is 16.6. The third-order valence-electron chi connectivity index (χ3n) is 0.773. The van der Waals surface area contributed by atoms with Crippen molar-refractivity contribution in [3.8, 4) is 0 Å². The van der Waals surface area contributed by atoms with Crippen molar-refractivity contribution in [2.75, 3.05) is 26.4 Å². The summed E-state index contributed by atoms with van der Waals surface area (Å²) in [6, 6.07) is 0. The number of carboxylic acid groups (broad SMARTS) is 1. The molecular formula is C8H14O4. The van der Waals surface area contributed by atoms with Gasteiger partial charge in [-0.3, -0.25) is 0 Å². The summed E-state index contributed by atoms with van der Waals surface area (Å²) < 4.78 is 9.00. The molecule has 0 atom stereocenters. The molecule has 2 saturated heterocycles. The zero-order valence-electron chi connectivity index (χ0n) is 7.21. The van der Waals surface area contributed by atoms with Gasteiger partial charge in [-0.15, -0.1) is 0 Å². The van der Waals surface area contributed by atoms with Crippen molar-refractivity contribution < 1.29 is 19.4 Å². The summed E-state index contributed by atoms with van der Waals surface area (Å²) >= 11 is 0. The summed E-state index contributed by atoms with van der Waals surface area (Å²) in [5.74, 6) is -0.935. The summed E-state index contributed by atoms with van der Waals surface area (Å²) in [5.41, 5.74) is 0.176. The van der Waals surface area contributed by atoms with Gasteiger partial charge in [0, 0.05) is 5.57 Å². The van der Waals surface area contributed by atoms with Gasteiger partial charge in [0.1, 0.15) is 0 Å². The molecule has 0 saturated carbocycles. The van der Waals surface area contributed by atoms with Crippen molar-refractivity contribution >= 4 is 5.97 Å². The third-order valence-corrected chi connectivity index (χ3v) is 0.773. The summed E-state index contributed by atoms with van der Waals surface area (Å²) in [7, 11) is 0. The van der Waals surface area contributed by atoms with Gasteiger partial charge in [-0.1, -0.05) is 6.58 Å². The Morgan fingerprint density at radius 3 is 1.42 bits per heavy atom. The molecule has 1 N–H and O–H groups in total. The van der Waals surface area contributed by atoms with Gasteiger partial charge >= 0.3 is 5.97 Å². The van der Waals surface area contributed by atoms with E-state index in [0.29, 0.717) is 0 Å². The van der Waals surface area contributed by atoms with E-state index in [4.69, 9.17) is 5.11 Å². The lowest BCUT2D eigenvalue weighted by atomic mass is 10.4. The van der Waals surface area contributed by atoms with Crippen LogP contribution in [-0.4, -0.2) is 37.5 Å². The quantitative estimate of drug-likeness (QED) is 0.469.